The van der Waals surface area contributed by atoms with Gasteiger partial charge >= 0.3 is 0 Å². The van der Waals surface area contributed by atoms with Gasteiger partial charge in [-0.25, -0.2) is 15.8 Å². The van der Waals surface area contributed by atoms with Gasteiger partial charge in [0.15, 0.2) is 0 Å². The van der Waals surface area contributed by atoms with E-state index in [2.05, 4.69) is 34.6 Å². The molecule has 5 heteroatoms. The van der Waals surface area contributed by atoms with E-state index in [1.54, 1.807) is 6.33 Å². The number of aromatic nitrogens is 2. The normalized spacial score (nSPS) is 23.4. The lowest BCUT2D eigenvalue weighted by Crippen LogP contribution is -2.35. The third-order valence-corrected chi connectivity index (χ3v) is 4.22. The average Bonchev–Trinajstić information content (AvgIpc) is 2.41. The summed E-state index contributed by atoms with van der Waals surface area (Å²) in [5.41, 5.74) is 3.60. The standard InChI is InChI=1S/C14H25N5/c1-9(2)11-6-4-5-7-12(11)18-13-10(3)14(19-15)17-8-16-13/h8-9,11-12H,4-7,15H2,1-3H3,(H2,16,17,18,19). The molecule has 106 valence electrons. The van der Waals surface area contributed by atoms with Gasteiger partial charge in [0.05, 0.1) is 0 Å². The highest BCUT2D eigenvalue weighted by atomic mass is 15.3. The zero-order chi connectivity index (χ0) is 13.8. The molecule has 2 unspecified atom stereocenters. The van der Waals surface area contributed by atoms with Gasteiger partial charge in [-0.3, -0.25) is 0 Å². The highest BCUT2D eigenvalue weighted by molar-refractivity contribution is 5.56. The predicted octanol–water partition coefficient (Wildman–Crippen LogP) is 2.70. The summed E-state index contributed by atoms with van der Waals surface area (Å²) in [5.74, 6) is 8.47. The van der Waals surface area contributed by atoms with Crippen LogP contribution in [0.15, 0.2) is 6.33 Å². The third kappa shape index (κ3) is 3.15. The Hall–Kier alpha value is -1.36. The molecule has 5 nitrogen and oxygen atoms in total. The SMILES string of the molecule is Cc1c(NN)ncnc1NC1CCCCC1C(C)C. The van der Waals surface area contributed by atoms with Gasteiger partial charge in [-0.05, 0) is 31.6 Å². The van der Waals surface area contributed by atoms with E-state index in [9.17, 15) is 0 Å². The molecular weight excluding hydrogens is 238 g/mol. The number of nitrogens with two attached hydrogens (primary N) is 1. The van der Waals surface area contributed by atoms with E-state index in [1.165, 1.54) is 25.7 Å². The van der Waals surface area contributed by atoms with Crippen molar-refractivity contribution in [3.63, 3.8) is 0 Å². The van der Waals surface area contributed by atoms with Crippen LogP contribution in [0.2, 0.25) is 0 Å². The number of rotatable bonds is 4. The molecule has 1 aliphatic carbocycles. The Balaban J connectivity index is 2.15. The van der Waals surface area contributed by atoms with Gasteiger partial charge in [0, 0.05) is 11.6 Å². The molecule has 1 aromatic rings. The first kappa shape index (κ1) is 14.1. The molecule has 0 spiro atoms. The van der Waals surface area contributed by atoms with E-state index in [-0.39, 0.29) is 0 Å². The molecule has 1 saturated carbocycles. The van der Waals surface area contributed by atoms with Crippen LogP contribution >= 0.6 is 0 Å². The van der Waals surface area contributed by atoms with Crippen LogP contribution in [0.4, 0.5) is 11.6 Å². The molecule has 0 aliphatic heterocycles. The summed E-state index contributed by atoms with van der Waals surface area (Å²) >= 11 is 0. The molecule has 1 aromatic heterocycles. The number of anilines is 2. The Morgan fingerprint density at radius 3 is 2.58 bits per heavy atom. The van der Waals surface area contributed by atoms with Crippen LogP contribution in [0.25, 0.3) is 0 Å². The minimum atomic E-state index is 0.507. The molecule has 19 heavy (non-hydrogen) atoms. The smallest absolute Gasteiger partial charge is 0.148 e. The van der Waals surface area contributed by atoms with Crippen LogP contribution in [0.3, 0.4) is 0 Å². The fourth-order valence-electron chi connectivity index (χ4n) is 3.05. The zero-order valence-electron chi connectivity index (χ0n) is 12.1. The second kappa shape index (κ2) is 6.19. The highest BCUT2D eigenvalue weighted by Crippen LogP contribution is 2.32. The molecule has 2 rings (SSSR count). The third-order valence-electron chi connectivity index (χ3n) is 4.22. The quantitative estimate of drug-likeness (QED) is 0.575. The minimum absolute atomic E-state index is 0.507. The lowest BCUT2D eigenvalue weighted by Gasteiger charge is -2.35. The monoisotopic (exact) mass is 263 g/mol. The predicted molar refractivity (Wildman–Crippen MR) is 78.8 cm³/mol. The van der Waals surface area contributed by atoms with Crippen molar-refractivity contribution in [2.45, 2.75) is 52.5 Å². The Bertz CT molecular complexity index is 418. The Labute approximate surface area is 115 Å². The maximum absolute atomic E-state index is 5.46. The highest BCUT2D eigenvalue weighted by Gasteiger charge is 2.28. The average molecular weight is 263 g/mol. The molecule has 1 heterocycles. The summed E-state index contributed by atoms with van der Waals surface area (Å²) in [6, 6.07) is 0.507. The van der Waals surface area contributed by atoms with Crippen LogP contribution in [-0.2, 0) is 0 Å². The van der Waals surface area contributed by atoms with Crippen molar-refractivity contribution in [1.82, 2.24) is 9.97 Å². The zero-order valence-corrected chi connectivity index (χ0v) is 12.1. The molecule has 4 N–H and O–H groups in total. The fourth-order valence-corrected chi connectivity index (χ4v) is 3.05. The van der Waals surface area contributed by atoms with Crippen molar-refractivity contribution in [3.05, 3.63) is 11.9 Å². The Morgan fingerprint density at radius 2 is 1.89 bits per heavy atom. The van der Waals surface area contributed by atoms with Crippen molar-refractivity contribution < 1.29 is 0 Å². The van der Waals surface area contributed by atoms with E-state index >= 15 is 0 Å². The number of nitrogens with one attached hydrogen (secondary N) is 2. The summed E-state index contributed by atoms with van der Waals surface area (Å²) in [6.07, 6.45) is 6.73. The van der Waals surface area contributed by atoms with Gasteiger partial charge < -0.3 is 10.7 Å². The van der Waals surface area contributed by atoms with E-state index in [0.29, 0.717) is 17.8 Å². The first-order valence-electron chi connectivity index (χ1n) is 7.18. The lowest BCUT2D eigenvalue weighted by molar-refractivity contribution is 0.253. The molecule has 0 saturated heterocycles. The van der Waals surface area contributed by atoms with Crippen molar-refractivity contribution >= 4 is 11.6 Å². The van der Waals surface area contributed by atoms with Crippen LogP contribution in [0.1, 0.15) is 45.1 Å². The van der Waals surface area contributed by atoms with E-state index in [1.807, 2.05) is 6.92 Å². The van der Waals surface area contributed by atoms with E-state index < -0.39 is 0 Å². The summed E-state index contributed by atoms with van der Waals surface area (Å²) < 4.78 is 0. The topological polar surface area (TPSA) is 75.9 Å². The Kier molecular flexibility index (Phi) is 4.58. The molecule has 2 atom stereocenters. The van der Waals surface area contributed by atoms with Crippen LogP contribution < -0.4 is 16.6 Å². The van der Waals surface area contributed by atoms with Gasteiger partial charge in [-0.15, -0.1) is 0 Å². The maximum atomic E-state index is 5.46. The summed E-state index contributed by atoms with van der Waals surface area (Å²) in [4.78, 5) is 8.47. The van der Waals surface area contributed by atoms with E-state index in [4.69, 9.17) is 5.84 Å². The van der Waals surface area contributed by atoms with Crippen molar-refractivity contribution in [2.24, 2.45) is 17.7 Å². The number of hydrogen-bond acceptors (Lipinski definition) is 5. The number of nitrogens with zero attached hydrogens (tertiary/aromatic N) is 2. The van der Waals surface area contributed by atoms with Gasteiger partial charge in [0.2, 0.25) is 0 Å². The molecule has 0 bridgehead atoms. The largest absolute Gasteiger partial charge is 0.367 e. The molecule has 1 aliphatic rings. The van der Waals surface area contributed by atoms with Crippen LogP contribution in [-0.4, -0.2) is 16.0 Å². The first-order chi connectivity index (χ1) is 9.13. The second-order valence-corrected chi connectivity index (χ2v) is 5.78. The Morgan fingerprint density at radius 1 is 1.21 bits per heavy atom. The van der Waals surface area contributed by atoms with Gasteiger partial charge in [-0.2, -0.15) is 0 Å². The number of hydrogen-bond donors (Lipinski definition) is 3. The lowest BCUT2D eigenvalue weighted by atomic mass is 9.78. The van der Waals surface area contributed by atoms with Gasteiger partial charge in [0.25, 0.3) is 0 Å². The molecule has 1 fully saturated rings. The molecule has 0 radical (unpaired) electrons. The summed E-state index contributed by atoms with van der Waals surface area (Å²) in [6.45, 7) is 6.61. The molecule has 0 amide bonds. The van der Waals surface area contributed by atoms with E-state index in [0.717, 1.165) is 17.3 Å². The van der Waals surface area contributed by atoms with Crippen molar-refractivity contribution in [3.8, 4) is 0 Å². The van der Waals surface area contributed by atoms with Crippen LogP contribution in [0, 0.1) is 18.8 Å². The molecule has 0 aromatic carbocycles. The summed E-state index contributed by atoms with van der Waals surface area (Å²) in [5, 5.41) is 3.61. The summed E-state index contributed by atoms with van der Waals surface area (Å²) in [7, 11) is 0. The van der Waals surface area contributed by atoms with Crippen molar-refractivity contribution in [2.75, 3.05) is 10.7 Å². The second-order valence-electron chi connectivity index (χ2n) is 5.78. The molecular formula is C14H25N5. The fraction of sp³-hybridized carbons (Fsp3) is 0.714. The minimum Gasteiger partial charge on any atom is -0.367 e. The first-order valence-corrected chi connectivity index (χ1v) is 7.18. The van der Waals surface area contributed by atoms with Gasteiger partial charge in [-0.1, -0.05) is 26.7 Å². The number of nitrogen functional groups attached to an aromatic ring is 1. The van der Waals surface area contributed by atoms with Crippen molar-refractivity contribution in [1.29, 1.82) is 0 Å². The maximum Gasteiger partial charge on any atom is 0.148 e. The van der Waals surface area contributed by atoms with Crippen LogP contribution in [0.5, 0.6) is 0 Å². The van der Waals surface area contributed by atoms with Gasteiger partial charge in [0.1, 0.15) is 18.0 Å². The number of hydrazine groups is 1.